The van der Waals surface area contributed by atoms with Gasteiger partial charge < -0.3 is 10.2 Å². The SMILES string of the molecule is CN(CCCNC(=O)c1ccc2n[nH]nc2c1)Cc1ccccc1. The third-order valence-corrected chi connectivity index (χ3v) is 3.88. The van der Waals surface area contributed by atoms with Crippen molar-refractivity contribution in [1.82, 2.24) is 25.6 Å². The predicted octanol–water partition coefficient (Wildman–Crippen LogP) is 2.21. The summed E-state index contributed by atoms with van der Waals surface area (Å²) in [4.78, 5) is 14.4. The summed E-state index contributed by atoms with van der Waals surface area (Å²) >= 11 is 0. The predicted molar refractivity (Wildman–Crippen MR) is 93.6 cm³/mol. The zero-order chi connectivity index (χ0) is 16.8. The summed E-state index contributed by atoms with van der Waals surface area (Å²) in [6.07, 6.45) is 0.904. The topological polar surface area (TPSA) is 73.9 Å². The van der Waals surface area contributed by atoms with Gasteiger partial charge in [-0.25, -0.2) is 0 Å². The van der Waals surface area contributed by atoms with E-state index in [1.165, 1.54) is 5.56 Å². The van der Waals surface area contributed by atoms with Gasteiger partial charge in [-0.2, -0.15) is 15.4 Å². The lowest BCUT2D eigenvalue weighted by molar-refractivity contribution is 0.0952. The molecule has 0 spiro atoms. The molecular weight excluding hydrogens is 302 g/mol. The van der Waals surface area contributed by atoms with Gasteiger partial charge in [-0.05, 0) is 43.8 Å². The molecule has 0 atom stereocenters. The Morgan fingerprint density at radius 1 is 1.12 bits per heavy atom. The van der Waals surface area contributed by atoms with Crippen LogP contribution < -0.4 is 5.32 Å². The molecule has 124 valence electrons. The molecule has 6 nitrogen and oxygen atoms in total. The molecule has 6 heteroatoms. The van der Waals surface area contributed by atoms with E-state index >= 15 is 0 Å². The van der Waals surface area contributed by atoms with Gasteiger partial charge in [-0.15, -0.1) is 0 Å². The minimum Gasteiger partial charge on any atom is -0.352 e. The van der Waals surface area contributed by atoms with Crippen LogP contribution in [0.3, 0.4) is 0 Å². The second kappa shape index (κ2) is 7.70. The van der Waals surface area contributed by atoms with Crippen molar-refractivity contribution in [2.45, 2.75) is 13.0 Å². The van der Waals surface area contributed by atoms with E-state index in [1.54, 1.807) is 18.2 Å². The van der Waals surface area contributed by atoms with Crippen molar-refractivity contribution in [1.29, 1.82) is 0 Å². The summed E-state index contributed by atoms with van der Waals surface area (Å²) < 4.78 is 0. The fraction of sp³-hybridized carbons (Fsp3) is 0.278. The normalized spacial score (nSPS) is 11.1. The summed E-state index contributed by atoms with van der Waals surface area (Å²) in [6.45, 7) is 2.49. The first-order valence-electron chi connectivity index (χ1n) is 8.03. The second-order valence-electron chi connectivity index (χ2n) is 5.86. The third kappa shape index (κ3) is 4.17. The molecule has 0 bridgehead atoms. The Labute approximate surface area is 140 Å². The fourth-order valence-electron chi connectivity index (χ4n) is 2.61. The molecule has 0 radical (unpaired) electrons. The van der Waals surface area contributed by atoms with Crippen LogP contribution in [0.1, 0.15) is 22.3 Å². The van der Waals surface area contributed by atoms with Crippen molar-refractivity contribution in [3.63, 3.8) is 0 Å². The Balaban J connectivity index is 1.41. The first-order chi connectivity index (χ1) is 11.7. The van der Waals surface area contributed by atoms with Gasteiger partial charge in [0.05, 0.1) is 0 Å². The number of rotatable bonds is 7. The minimum absolute atomic E-state index is 0.0781. The quantitative estimate of drug-likeness (QED) is 0.654. The smallest absolute Gasteiger partial charge is 0.251 e. The zero-order valence-corrected chi connectivity index (χ0v) is 13.7. The van der Waals surface area contributed by atoms with Gasteiger partial charge in [-0.1, -0.05) is 30.3 Å². The summed E-state index contributed by atoms with van der Waals surface area (Å²) in [5.41, 5.74) is 3.36. The Morgan fingerprint density at radius 2 is 1.92 bits per heavy atom. The average Bonchev–Trinajstić information content (AvgIpc) is 3.07. The number of aromatic nitrogens is 3. The monoisotopic (exact) mass is 323 g/mol. The van der Waals surface area contributed by atoms with Crippen molar-refractivity contribution >= 4 is 16.9 Å². The highest BCUT2D eigenvalue weighted by Gasteiger charge is 2.08. The number of amides is 1. The molecule has 0 unspecified atom stereocenters. The lowest BCUT2D eigenvalue weighted by Gasteiger charge is -2.16. The maximum Gasteiger partial charge on any atom is 0.251 e. The molecule has 0 fully saturated rings. The van der Waals surface area contributed by atoms with Crippen LogP contribution in [-0.2, 0) is 6.54 Å². The molecule has 3 aromatic rings. The molecule has 3 rings (SSSR count). The summed E-state index contributed by atoms with van der Waals surface area (Å²) in [6, 6.07) is 15.7. The van der Waals surface area contributed by atoms with Crippen molar-refractivity contribution in [3.05, 3.63) is 59.7 Å². The fourth-order valence-corrected chi connectivity index (χ4v) is 2.61. The van der Waals surface area contributed by atoms with Gasteiger partial charge in [0.25, 0.3) is 5.91 Å². The number of carbonyl (C=O) groups excluding carboxylic acids is 1. The number of hydrogen-bond acceptors (Lipinski definition) is 4. The van der Waals surface area contributed by atoms with E-state index < -0.39 is 0 Å². The maximum atomic E-state index is 12.2. The lowest BCUT2D eigenvalue weighted by atomic mass is 10.2. The van der Waals surface area contributed by atoms with E-state index in [9.17, 15) is 4.79 Å². The van der Waals surface area contributed by atoms with E-state index in [-0.39, 0.29) is 5.91 Å². The largest absolute Gasteiger partial charge is 0.352 e. The molecule has 1 amide bonds. The van der Waals surface area contributed by atoms with Gasteiger partial charge in [0.15, 0.2) is 0 Å². The standard InChI is InChI=1S/C18H21N5O/c1-23(13-14-6-3-2-4-7-14)11-5-10-19-18(24)15-8-9-16-17(12-15)21-22-20-16/h2-4,6-9,12H,5,10-11,13H2,1H3,(H,19,24)(H,20,21,22). The minimum atomic E-state index is -0.0781. The van der Waals surface area contributed by atoms with Crippen LogP contribution in [0.4, 0.5) is 0 Å². The number of benzene rings is 2. The van der Waals surface area contributed by atoms with E-state index in [0.717, 1.165) is 25.0 Å². The number of H-pyrrole nitrogens is 1. The van der Waals surface area contributed by atoms with Gasteiger partial charge >= 0.3 is 0 Å². The molecular formula is C18H21N5O. The van der Waals surface area contributed by atoms with E-state index in [1.807, 2.05) is 6.07 Å². The van der Waals surface area contributed by atoms with Gasteiger partial charge in [0.1, 0.15) is 11.0 Å². The molecule has 1 aromatic heterocycles. The molecule has 0 aliphatic heterocycles. The van der Waals surface area contributed by atoms with Crippen molar-refractivity contribution in [2.24, 2.45) is 0 Å². The summed E-state index contributed by atoms with van der Waals surface area (Å²) in [7, 11) is 2.09. The van der Waals surface area contributed by atoms with Crippen molar-refractivity contribution in [2.75, 3.05) is 20.1 Å². The Morgan fingerprint density at radius 3 is 2.75 bits per heavy atom. The Hall–Kier alpha value is -2.73. The summed E-state index contributed by atoms with van der Waals surface area (Å²) in [5, 5.41) is 13.5. The molecule has 2 aromatic carbocycles. The van der Waals surface area contributed by atoms with E-state index in [2.05, 4.69) is 56.9 Å². The highest BCUT2D eigenvalue weighted by molar-refractivity contribution is 5.97. The Bertz CT molecular complexity index is 799. The first-order valence-corrected chi connectivity index (χ1v) is 8.03. The number of fused-ring (bicyclic) bond motifs is 1. The number of carbonyl (C=O) groups is 1. The van der Waals surface area contributed by atoms with Crippen LogP contribution in [0.5, 0.6) is 0 Å². The van der Waals surface area contributed by atoms with Crippen LogP contribution >= 0.6 is 0 Å². The highest BCUT2D eigenvalue weighted by Crippen LogP contribution is 2.10. The lowest BCUT2D eigenvalue weighted by Crippen LogP contribution is -2.28. The molecule has 0 saturated carbocycles. The van der Waals surface area contributed by atoms with E-state index in [0.29, 0.717) is 17.6 Å². The number of aromatic amines is 1. The first kappa shape index (κ1) is 16.1. The zero-order valence-electron chi connectivity index (χ0n) is 13.7. The van der Waals surface area contributed by atoms with Crippen LogP contribution in [0.2, 0.25) is 0 Å². The van der Waals surface area contributed by atoms with Crippen LogP contribution in [-0.4, -0.2) is 46.4 Å². The summed E-state index contributed by atoms with van der Waals surface area (Å²) in [5.74, 6) is -0.0781. The van der Waals surface area contributed by atoms with Crippen molar-refractivity contribution < 1.29 is 4.79 Å². The maximum absolute atomic E-state index is 12.2. The van der Waals surface area contributed by atoms with Gasteiger partial charge in [-0.3, -0.25) is 4.79 Å². The molecule has 0 aliphatic rings. The Kier molecular flexibility index (Phi) is 5.18. The van der Waals surface area contributed by atoms with Gasteiger partial charge in [0, 0.05) is 18.7 Å². The number of nitrogens with zero attached hydrogens (tertiary/aromatic N) is 3. The average molecular weight is 323 g/mol. The van der Waals surface area contributed by atoms with Crippen molar-refractivity contribution in [3.8, 4) is 0 Å². The van der Waals surface area contributed by atoms with Crippen LogP contribution in [0.15, 0.2) is 48.5 Å². The molecule has 24 heavy (non-hydrogen) atoms. The van der Waals surface area contributed by atoms with Gasteiger partial charge in [0.2, 0.25) is 0 Å². The number of nitrogens with one attached hydrogen (secondary N) is 2. The van der Waals surface area contributed by atoms with E-state index in [4.69, 9.17) is 0 Å². The second-order valence-corrected chi connectivity index (χ2v) is 5.86. The van der Waals surface area contributed by atoms with Crippen LogP contribution in [0, 0.1) is 0 Å². The third-order valence-electron chi connectivity index (χ3n) is 3.88. The molecule has 0 saturated heterocycles. The molecule has 2 N–H and O–H groups in total. The molecule has 0 aliphatic carbocycles. The highest BCUT2D eigenvalue weighted by atomic mass is 16.1. The van der Waals surface area contributed by atoms with Crippen LogP contribution in [0.25, 0.3) is 11.0 Å². The molecule has 1 heterocycles. The number of hydrogen-bond donors (Lipinski definition) is 2.